The van der Waals surface area contributed by atoms with Gasteiger partial charge in [0.1, 0.15) is 11.2 Å². The Morgan fingerprint density at radius 1 is 0.390 bits per heavy atom. The minimum absolute atomic E-state index is 0.0652. The van der Waals surface area contributed by atoms with Crippen molar-refractivity contribution in [2.45, 2.75) is 19.3 Å². The number of thiophene rings is 1. The molecule has 1 aliphatic rings. The molecule has 2 aromatic heterocycles. The number of hydrogen-bond acceptors (Lipinski definition) is 2. The molecule has 0 bridgehead atoms. The Balaban J connectivity index is 0.924. The van der Waals surface area contributed by atoms with Gasteiger partial charge in [-0.3, -0.25) is 0 Å². The third kappa shape index (κ3) is 4.61. The van der Waals surface area contributed by atoms with Crippen LogP contribution in [0.4, 0.5) is 0 Å². The van der Waals surface area contributed by atoms with Gasteiger partial charge >= 0.3 is 0 Å². The maximum absolute atomic E-state index is 6.74. The van der Waals surface area contributed by atoms with Gasteiger partial charge in [-0.25, -0.2) is 0 Å². The smallest absolute Gasteiger partial charge is 0.143 e. The minimum atomic E-state index is -0.0652. The number of furan rings is 1. The van der Waals surface area contributed by atoms with Crippen molar-refractivity contribution in [3.05, 3.63) is 193 Å². The van der Waals surface area contributed by atoms with Gasteiger partial charge in [0.25, 0.3) is 0 Å². The molecular formula is C57H36OS. The average molecular weight is 769 g/mol. The zero-order chi connectivity index (χ0) is 39.0. The molecule has 0 fully saturated rings. The van der Waals surface area contributed by atoms with E-state index in [1.54, 1.807) is 0 Å². The summed E-state index contributed by atoms with van der Waals surface area (Å²) in [6.45, 7) is 4.65. The fraction of sp³-hybridized carbons (Fsp3) is 0.0526. The van der Waals surface area contributed by atoms with Crippen LogP contribution in [0.5, 0.6) is 0 Å². The molecule has 1 aliphatic carbocycles. The summed E-state index contributed by atoms with van der Waals surface area (Å²) in [6, 6.07) is 67.5. The summed E-state index contributed by atoms with van der Waals surface area (Å²) in [5.74, 6) is 0. The number of hydrogen-bond donors (Lipinski definition) is 0. The van der Waals surface area contributed by atoms with Crippen molar-refractivity contribution in [3.8, 4) is 44.5 Å². The summed E-state index contributed by atoms with van der Waals surface area (Å²) in [6.07, 6.45) is 0. The lowest BCUT2D eigenvalue weighted by Crippen LogP contribution is -2.14. The molecule has 1 nitrogen and oxygen atoms in total. The van der Waals surface area contributed by atoms with E-state index < -0.39 is 0 Å². The van der Waals surface area contributed by atoms with Gasteiger partial charge in [-0.15, -0.1) is 11.3 Å². The molecule has 276 valence electrons. The summed E-state index contributed by atoms with van der Waals surface area (Å²) in [4.78, 5) is 0. The van der Waals surface area contributed by atoms with Crippen LogP contribution >= 0.6 is 11.3 Å². The highest BCUT2D eigenvalue weighted by molar-refractivity contribution is 7.26. The third-order valence-corrected chi connectivity index (χ3v) is 14.4. The van der Waals surface area contributed by atoms with Crippen molar-refractivity contribution in [3.63, 3.8) is 0 Å². The van der Waals surface area contributed by atoms with E-state index >= 15 is 0 Å². The third-order valence-electron chi connectivity index (χ3n) is 13.3. The quantitative estimate of drug-likeness (QED) is 0.163. The summed E-state index contributed by atoms with van der Waals surface area (Å²) in [7, 11) is 0. The first-order valence-electron chi connectivity index (χ1n) is 20.5. The Hall–Kier alpha value is -7.00. The lowest BCUT2D eigenvalue weighted by molar-refractivity contribution is 0.648. The second-order valence-electron chi connectivity index (χ2n) is 16.7. The summed E-state index contributed by atoms with van der Waals surface area (Å²) in [5.41, 5.74) is 14.7. The van der Waals surface area contributed by atoms with E-state index in [0.717, 1.165) is 16.6 Å². The Morgan fingerprint density at radius 2 is 1.00 bits per heavy atom. The molecule has 0 saturated carbocycles. The maximum atomic E-state index is 6.74. The van der Waals surface area contributed by atoms with Gasteiger partial charge in [0, 0.05) is 41.7 Å². The van der Waals surface area contributed by atoms with E-state index in [2.05, 4.69) is 196 Å². The van der Waals surface area contributed by atoms with Gasteiger partial charge in [0.05, 0.1) is 0 Å². The molecule has 13 rings (SSSR count). The van der Waals surface area contributed by atoms with Gasteiger partial charge < -0.3 is 4.42 Å². The number of rotatable bonds is 3. The summed E-state index contributed by atoms with van der Waals surface area (Å²) >= 11 is 1.88. The van der Waals surface area contributed by atoms with Gasteiger partial charge in [-0.05, 0) is 125 Å². The fourth-order valence-corrected chi connectivity index (χ4v) is 11.6. The minimum Gasteiger partial charge on any atom is -0.455 e. The molecule has 0 spiro atoms. The molecule has 59 heavy (non-hydrogen) atoms. The van der Waals surface area contributed by atoms with E-state index in [-0.39, 0.29) is 5.41 Å². The molecule has 2 heterocycles. The molecule has 0 aliphatic heterocycles. The van der Waals surface area contributed by atoms with Crippen LogP contribution in [0.1, 0.15) is 25.0 Å². The second kappa shape index (κ2) is 12.0. The van der Waals surface area contributed by atoms with Crippen LogP contribution in [0.2, 0.25) is 0 Å². The van der Waals surface area contributed by atoms with E-state index in [1.807, 2.05) is 11.3 Å². The first-order chi connectivity index (χ1) is 29.0. The van der Waals surface area contributed by atoms with Crippen LogP contribution in [0.15, 0.2) is 186 Å². The Morgan fingerprint density at radius 3 is 1.78 bits per heavy atom. The van der Waals surface area contributed by atoms with Crippen LogP contribution in [0.3, 0.4) is 0 Å². The van der Waals surface area contributed by atoms with Crippen LogP contribution in [0, 0.1) is 0 Å². The molecule has 0 unspecified atom stereocenters. The van der Waals surface area contributed by atoms with E-state index in [0.29, 0.717) is 0 Å². The molecule has 2 heteroatoms. The predicted molar refractivity (Wildman–Crippen MR) is 253 cm³/mol. The molecule has 12 aromatic rings. The van der Waals surface area contributed by atoms with Gasteiger partial charge in [-0.2, -0.15) is 0 Å². The molecule has 0 saturated heterocycles. The van der Waals surface area contributed by atoms with Crippen LogP contribution in [-0.4, -0.2) is 0 Å². The van der Waals surface area contributed by atoms with E-state index in [1.165, 1.54) is 114 Å². The maximum Gasteiger partial charge on any atom is 0.143 e. The monoisotopic (exact) mass is 768 g/mol. The van der Waals surface area contributed by atoms with Gasteiger partial charge in [-0.1, -0.05) is 153 Å². The van der Waals surface area contributed by atoms with Crippen molar-refractivity contribution in [1.82, 2.24) is 0 Å². The molecular weight excluding hydrogens is 733 g/mol. The average Bonchev–Trinajstić information content (AvgIpc) is 3.92. The Kier molecular flexibility index (Phi) is 6.73. The zero-order valence-electron chi connectivity index (χ0n) is 32.6. The highest BCUT2D eigenvalue weighted by atomic mass is 32.1. The van der Waals surface area contributed by atoms with Crippen molar-refractivity contribution in [1.29, 1.82) is 0 Å². The Labute approximate surface area is 345 Å². The second-order valence-corrected chi connectivity index (χ2v) is 17.8. The predicted octanol–water partition coefficient (Wildman–Crippen LogP) is 16.7. The van der Waals surface area contributed by atoms with Crippen LogP contribution in [0.25, 0.3) is 119 Å². The van der Waals surface area contributed by atoms with Crippen molar-refractivity contribution in [2.75, 3.05) is 0 Å². The van der Waals surface area contributed by atoms with Crippen molar-refractivity contribution in [2.24, 2.45) is 0 Å². The normalized spacial score (nSPS) is 13.4. The lowest BCUT2D eigenvalue weighted by atomic mass is 9.82. The van der Waals surface area contributed by atoms with Crippen molar-refractivity contribution >= 4 is 85.8 Å². The van der Waals surface area contributed by atoms with Crippen LogP contribution < -0.4 is 0 Å². The lowest BCUT2D eigenvalue weighted by Gasteiger charge is -2.21. The zero-order valence-corrected chi connectivity index (χ0v) is 33.5. The SMILES string of the molecule is CC1(C)c2ccccc2-c2cc3c(cc21)oc1c2ccc(-c4ccc(-c5c6ccccc6c(-c6cccc7sc8ccccc8c67)c6ccccc56)cc4)cc2ccc31. The van der Waals surface area contributed by atoms with Gasteiger partial charge in [0.2, 0.25) is 0 Å². The Bertz CT molecular complexity index is 3690. The fourth-order valence-electron chi connectivity index (χ4n) is 10.5. The standard InChI is InChI=1S/C57H36OS/c1-57(2)48-19-9-7-12-38(48)46-31-47-43-29-27-36-30-35(26-28-37(36)56(43)58-50(47)32-49(46)57)33-22-24-34(25-23-33)53-39-13-3-5-15-41(39)54(42-16-6-4-14-40(42)53)45-18-11-21-52-55(45)44-17-8-10-20-51(44)59-52/h3-32H,1-2H3. The molecule has 0 radical (unpaired) electrons. The molecule has 0 N–H and O–H groups in total. The highest BCUT2D eigenvalue weighted by Gasteiger charge is 2.36. The van der Waals surface area contributed by atoms with E-state index in [9.17, 15) is 0 Å². The first kappa shape index (κ1) is 33.0. The summed E-state index contributed by atoms with van der Waals surface area (Å²) < 4.78 is 9.39. The van der Waals surface area contributed by atoms with Crippen LogP contribution in [-0.2, 0) is 5.41 Å². The summed E-state index contributed by atoms with van der Waals surface area (Å²) in [5, 5.41) is 12.4. The number of fused-ring (bicyclic) bond motifs is 13. The van der Waals surface area contributed by atoms with E-state index in [4.69, 9.17) is 4.42 Å². The molecule has 0 atom stereocenters. The largest absolute Gasteiger partial charge is 0.455 e. The van der Waals surface area contributed by atoms with Crippen molar-refractivity contribution < 1.29 is 4.42 Å². The molecule has 10 aromatic carbocycles. The first-order valence-corrected chi connectivity index (χ1v) is 21.3. The number of benzene rings is 10. The molecule has 0 amide bonds. The topological polar surface area (TPSA) is 13.1 Å². The van der Waals surface area contributed by atoms with Gasteiger partial charge in [0.15, 0.2) is 0 Å². The highest BCUT2D eigenvalue weighted by Crippen LogP contribution is 2.52.